The van der Waals surface area contributed by atoms with Gasteiger partial charge in [-0.1, -0.05) is 12.1 Å². The number of halogens is 4. The SMILES string of the molecule is Cl.NCC1CCN(Cc2cccc(OC(F)(F)F)c2)CC1. The Morgan fingerprint density at radius 3 is 2.48 bits per heavy atom. The van der Waals surface area contributed by atoms with Crippen LogP contribution in [0.5, 0.6) is 5.75 Å². The second-order valence-electron chi connectivity index (χ2n) is 5.15. The summed E-state index contributed by atoms with van der Waals surface area (Å²) in [6.07, 6.45) is -2.54. The van der Waals surface area contributed by atoms with Gasteiger partial charge in [-0.3, -0.25) is 4.90 Å². The van der Waals surface area contributed by atoms with E-state index in [0.29, 0.717) is 19.0 Å². The lowest BCUT2D eigenvalue weighted by Gasteiger charge is -2.31. The summed E-state index contributed by atoms with van der Waals surface area (Å²) < 4.78 is 40.4. The Hall–Kier alpha value is -0.980. The van der Waals surface area contributed by atoms with Gasteiger partial charge in [0.2, 0.25) is 0 Å². The predicted octanol–water partition coefficient (Wildman–Crippen LogP) is 3.18. The molecule has 0 saturated carbocycles. The fraction of sp³-hybridized carbons (Fsp3) is 0.571. The first-order chi connectivity index (χ1) is 9.46. The first-order valence-electron chi connectivity index (χ1n) is 6.73. The van der Waals surface area contributed by atoms with E-state index in [1.165, 1.54) is 12.1 Å². The van der Waals surface area contributed by atoms with Crippen LogP contribution in [-0.4, -0.2) is 30.9 Å². The molecule has 21 heavy (non-hydrogen) atoms. The van der Waals surface area contributed by atoms with Gasteiger partial charge in [0.25, 0.3) is 0 Å². The highest BCUT2D eigenvalue weighted by atomic mass is 35.5. The zero-order valence-electron chi connectivity index (χ0n) is 11.6. The Bertz CT molecular complexity index is 434. The molecule has 0 atom stereocenters. The molecule has 120 valence electrons. The number of hydrogen-bond donors (Lipinski definition) is 1. The van der Waals surface area contributed by atoms with E-state index in [2.05, 4.69) is 9.64 Å². The second-order valence-corrected chi connectivity index (χ2v) is 5.15. The van der Waals surface area contributed by atoms with E-state index in [-0.39, 0.29) is 18.2 Å². The molecule has 0 amide bonds. The van der Waals surface area contributed by atoms with Crippen LogP contribution in [0.15, 0.2) is 24.3 Å². The highest BCUT2D eigenvalue weighted by Gasteiger charge is 2.31. The Labute approximate surface area is 128 Å². The van der Waals surface area contributed by atoms with Crippen molar-refractivity contribution in [2.24, 2.45) is 11.7 Å². The summed E-state index contributed by atoms with van der Waals surface area (Å²) in [4.78, 5) is 2.23. The van der Waals surface area contributed by atoms with Crippen molar-refractivity contribution in [1.29, 1.82) is 0 Å². The third-order valence-electron chi connectivity index (χ3n) is 3.58. The van der Waals surface area contributed by atoms with E-state index in [1.807, 2.05) is 6.07 Å². The van der Waals surface area contributed by atoms with Crippen LogP contribution < -0.4 is 10.5 Å². The number of hydrogen-bond acceptors (Lipinski definition) is 3. The van der Waals surface area contributed by atoms with Crippen molar-refractivity contribution >= 4 is 12.4 Å². The monoisotopic (exact) mass is 324 g/mol. The highest BCUT2D eigenvalue weighted by Crippen LogP contribution is 2.24. The van der Waals surface area contributed by atoms with Gasteiger partial charge in [-0.2, -0.15) is 0 Å². The van der Waals surface area contributed by atoms with Crippen LogP contribution in [-0.2, 0) is 6.54 Å². The lowest BCUT2D eigenvalue weighted by Crippen LogP contribution is -2.35. The molecule has 1 aromatic carbocycles. The summed E-state index contributed by atoms with van der Waals surface area (Å²) in [6, 6.07) is 6.17. The van der Waals surface area contributed by atoms with Crippen LogP contribution in [0.2, 0.25) is 0 Å². The molecule has 0 radical (unpaired) electrons. The zero-order valence-corrected chi connectivity index (χ0v) is 12.4. The molecule has 1 heterocycles. The summed E-state index contributed by atoms with van der Waals surface area (Å²) in [5.41, 5.74) is 6.47. The fourth-order valence-electron chi connectivity index (χ4n) is 2.48. The molecule has 0 bridgehead atoms. The zero-order chi connectivity index (χ0) is 14.6. The molecule has 0 unspecified atom stereocenters. The third kappa shape index (κ3) is 6.11. The molecule has 3 nitrogen and oxygen atoms in total. The molecule has 2 rings (SSSR count). The van der Waals surface area contributed by atoms with Crippen molar-refractivity contribution in [2.45, 2.75) is 25.7 Å². The van der Waals surface area contributed by atoms with E-state index in [1.54, 1.807) is 6.07 Å². The van der Waals surface area contributed by atoms with Gasteiger partial charge in [0.15, 0.2) is 0 Å². The summed E-state index contributed by atoms with van der Waals surface area (Å²) in [5.74, 6) is 0.415. The first-order valence-corrected chi connectivity index (χ1v) is 6.73. The molecule has 0 aliphatic carbocycles. The van der Waals surface area contributed by atoms with Crippen LogP contribution in [0.4, 0.5) is 13.2 Å². The lowest BCUT2D eigenvalue weighted by molar-refractivity contribution is -0.274. The number of nitrogens with zero attached hydrogens (tertiary/aromatic N) is 1. The lowest BCUT2D eigenvalue weighted by atomic mass is 9.97. The maximum Gasteiger partial charge on any atom is 0.573 e. The molecular weight excluding hydrogens is 305 g/mol. The van der Waals surface area contributed by atoms with Gasteiger partial charge in [-0.15, -0.1) is 25.6 Å². The normalized spacial score (nSPS) is 17.3. The van der Waals surface area contributed by atoms with Crippen LogP contribution in [0.3, 0.4) is 0 Å². The summed E-state index contributed by atoms with van der Waals surface area (Å²) in [7, 11) is 0. The van der Waals surface area contributed by atoms with Gasteiger partial charge in [-0.05, 0) is 56.1 Å². The first kappa shape index (κ1) is 18.1. The molecule has 1 aromatic rings. The average molecular weight is 325 g/mol. The Morgan fingerprint density at radius 1 is 1.24 bits per heavy atom. The molecule has 0 spiro atoms. The number of likely N-dealkylation sites (tertiary alicyclic amines) is 1. The second kappa shape index (κ2) is 7.87. The van der Waals surface area contributed by atoms with E-state index < -0.39 is 6.36 Å². The highest BCUT2D eigenvalue weighted by molar-refractivity contribution is 5.85. The Morgan fingerprint density at radius 2 is 1.90 bits per heavy atom. The molecule has 0 aromatic heterocycles. The number of alkyl halides is 3. The van der Waals surface area contributed by atoms with Crippen molar-refractivity contribution in [1.82, 2.24) is 4.90 Å². The van der Waals surface area contributed by atoms with E-state index in [9.17, 15) is 13.2 Å². The Balaban J connectivity index is 0.00000220. The smallest absolute Gasteiger partial charge is 0.406 e. The molecular formula is C14H20ClF3N2O. The van der Waals surface area contributed by atoms with Gasteiger partial charge >= 0.3 is 6.36 Å². The topological polar surface area (TPSA) is 38.5 Å². The Kier molecular flexibility index (Phi) is 6.77. The van der Waals surface area contributed by atoms with Crippen molar-refractivity contribution in [2.75, 3.05) is 19.6 Å². The maximum absolute atomic E-state index is 12.2. The summed E-state index contributed by atoms with van der Waals surface area (Å²) >= 11 is 0. The van der Waals surface area contributed by atoms with E-state index in [0.717, 1.165) is 31.5 Å². The number of nitrogens with two attached hydrogens (primary N) is 1. The number of benzene rings is 1. The average Bonchev–Trinajstić information content (AvgIpc) is 2.38. The molecule has 2 N–H and O–H groups in total. The van der Waals surface area contributed by atoms with Gasteiger partial charge in [-0.25, -0.2) is 0 Å². The van der Waals surface area contributed by atoms with Gasteiger partial charge in [0.05, 0.1) is 0 Å². The number of piperidine rings is 1. The standard InChI is InChI=1S/C14H19F3N2O.ClH/c15-14(16,17)20-13-3-1-2-12(8-13)10-19-6-4-11(9-18)5-7-19;/h1-3,8,11H,4-7,9-10,18H2;1H. The van der Waals surface area contributed by atoms with Crippen LogP contribution in [0.1, 0.15) is 18.4 Å². The van der Waals surface area contributed by atoms with E-state index in [4.69, 9.17) is 5.73 Å². The van der Waals surface area contributed by atoms with E-state index >= 15 is 0 Å². The minimum Gasteiger partial charge on any atom is -0.406 e. The summed E-state index contributed by atoms with van der Waals surface area (Å²) in [6.45, 7) is 3.23. The molecule has 1 saturated heterocycles. The molecule has 1 aliphatic heterocycles. The van der Waals surface area contributed by atoms with Crippen LogP contribution in [0, 0.1) is 5.92 Å². The molecule has 1 aliphatic rings. The third-order valence-corrected chi connectivity index (χ3v) is 3.58. The summed E-state index contributed by atoms with van der Waals surface area (Å²) in [5, 5.41) is 0. The van der Waals surface area contributed by atoms with Crippen LogP contribution in [0.25, 0.3) is 0 Å². The minimum absolute atomic E-state index is 0. The molecule has 7 heteroatoms. The maximum atomic E-state index is 12.2. The quantitative estimate of drug-likeness (QED) is 0.924. The van der Waals surface area contributed by atoms with Gasteiger partial charge in [0, 0.05) is 6.54 Å². The van der Waals surface area contributed by atoms with Gasteiger partial charge < -0.3 is 10.5 Å². The number of rotatable bonds is 4. The fourth-order valence-corrected chi connectivity index (χ4v) is 2.48. The predicted molar refractivity (Wildman–Crippen MR) is 77.4 cm³/mol. The van der Waals surface area contributed by atoms with Gasteiger partial charge in [0.1, 0.15) is 5.75 Å². The van der Waals surface area contributed by atoms with Crippen molar-refractivity contribution in [3.8, 4) is 5.75 Å². The minimum atomic E-state index is -4.64. The van der Waals surface area contributed by atoms with Crippen molar-refractivity contribution in [3.05, 3.63) is 29.8 Å². The van der Waals surface area contributed by atoms with Crippen molar-refractivity contribution in [3.63, 3.8) is 0 Å². The van der Waals surface area contributed by atoms with Crippen LogP contribution >= 0.6 is 12.4 Å². The van der Waals surface area contributed by atoms with Crippen molar-refractivity contribution < 1.29 is 17.9 Å². The number of ether oxygens (including phenoxy) is 1. The largest absolute Gasteiger partial charge is 0.573 e. The molecule has 1 fully saturated rings.